The van der Waals surface area contributed by atoms with Crippen molar-refractivity contribution in [3.63, 3.8) is 0 Å². The zero-order valence-corrected chi connectivity index (χ0v) is 20.3. The van der Waals surface area contributed by atoms with Gasteiger partial charge in [0.25, 0.3) is 0 Å². The normalized spacial score (nSPS) is 12.4. The van der Waals surface area contributed by atoms with Crippen molar-refractivity contribution in [2.45, 2.75) is 43.0 Å². The van der Waals surface area contributed by atoms with E-state index in [0.29, 0.717) is 11.3 Å². The lowest BCUT2D eigenvalue weighted by Crippen LogP contribution is -2.11. The zero-order chi connectivity index (χ0) is 24.1. The number of nitrogens with zero attached hydrogens (tertiary/aromatic N) is 4. The number of benzene rings is 3. The van der Waals surface area contributed by atoms with Crippen molar-refractivity contribution in [1.82, 2.24) is 19.8 Å². The molecular weight excluding hydrogens is 446 g/mol. The summed E-state index contributed by atoms with van der Waals surface area (Å²) in [4.78, 5) is 4.84. The van der Waals surface area contributed by atoms with Crippen LogP contribution in [0.3, 0.4) is 0 Å². The van der Waals surface area contributed by atoms with E-state index in [4.69, 9.17) is 0 Å². The smallest absolute Gasteiger partial charge is 0.229 e. The van der Waals surface area contributed by atoms with Gasteiger partial charge in [0.05, 0.1) is 10.4 Å². The van der Waals surface area contributed by atoms with Crippen LogP contribution in [0.25, 0.3) is 16.6 Å². The van der Waals surface area contributed by atoms with E-state index in [-0.39, 0.29) is 21.0 Å². The van der Waals surface area contributed by atoms with E-state index in [9.17, 15) is 8.42 Å². The molecular formula is C26H25N5O2S. The minimum Gasteiger partial charge on any atom is -0.340 e. The van der Waals surface area contributed by atoms with Gasteiger partial charge >= 0.3 is 0 Å². The molecule has 0 saturated carbocycles. The molecule has 5 rings (SSSR count). The van der Waals surface area contributed by atoms with E-state index in [1.165, 1.54) is 4.52 Å². The highest BCUT2D eigenvalue weighted by Gasteiger charge is 2.27. The monoisotopic (exact) mass is 471 g/mol. The Morgan fingerprint density at radius 3 is 2.35 bits per heavy atom. The summed E-state index contributed by atoms with van der Waals surface area (Å²) in [5.74, 6) is 0.538. The number of hydrogen-bond acceptors (Lipinski definition) is 6. The number of anilines is 2. The fourth-order valence-electron chi connectivity index (χ4n) is 3.92. The molecule has 0 spiro atoms. The molecule has 0 amide bonds. The molecule has 0 unspecified atom stereocenters. The third-order valence-corrected chi connectivity index (χ3v) is 7.45. The van der Waals surface area contributed by atoms with Crippen LogP contribution in [0.5, 0.6) is 0 Å². The fourth-order valence-corrected chi connectivity index (χ4v) is 5.15. The second-order valence-electron chi connectivity index (χ2n) is 9.38. The Hall–Kier alpha value is -3.78. The molecule has 0 bridgehead atoms. The lowest BCUT2D eigenvalue weighted by molar-refractivity contribution is 0.585. The van der Waals surface area contributed by atoms with E-state index in [2.05, 4.69) is 41.4 Å². The first kappa shape index (κ1) is 22.0. The van der Waals surface area contributed by atoms with Crippen LogP contribution in [0.2, 0.25) is 0 Å². The first-order chi connectivity index (χ1) is 16.1. The topological polar surface area (TPSA) is 89.2 Å². The molecule has 0 saturated heterocycles. The predicted octanol–water partition coefficient (Wildman–Crippen LogP) is 5.46. The Labute approximate surface area is 198 Å². The fraction of sp³-hybridized carbons (Fsp3) is 0.192. The standard InChI is InChI=1S/C26H25N5O2S/c1-17-8-7-9-19(16-17)27-23-21-10-5-6-11-22(21)31-24(28-23)25(29-30-31)34(32,33)20-14-12-18(13-15-20)26(2,3)4/h5-16H,1-4H3,(H,27,28). The summed E-state index contributed by atoms with van der Waals surface area (Å²) in [5.41, 5.74) is 3.81. The van der Waals surface area contributed by atoms with E-state index in [1.54, 1.807) is 12.1 Å². The molecule has 0 radical (unpaired) electrons. The number of aryl methyl sites for hydroxylation is 1. The van der Waals surface area contributed by atoms with E-state index in [1.807, 2.05) is 67.6 Å². The number of fused-ring (bicyclic) bond motifs is 3. The van der Waals surface area contributed by atoms with Gasteiger partial charge in [-0.3, -0.25) is 0 Å². The molecule has 5 aromatic rings. The number of aromatic nitrogens is 4. The van der Waals surface area contributed by atoms with Crippen molar-refractivity contribution in [3.8, 4) is 0 Å². The Balaban J connectivity index is 1.68. The Kier molecular flexibility index (Phi) is 5.13. The number of hydrogen-bond donors (Lipinski definition) is 1. The summed E-state index contributed by atoms with van der Waals surface area (Å²) in [5, 5.41) is 12.2. The third kappa shape index (κ3) is 3.80. The number of rotatable bonds is 4. The van der Waals surface area contributed by atoms with Crippen LogP contribution < -0.4 is 5.32 Å². The quantitative estimate of drug-likeness (QED) is 0.374. The molecule has 0 aliphatic heterocycles. The molecule has 0 aliphatic rings. The molecule has 172 valence electrons. The molecule has 0 fully saturated rings. The van der Waals surface area contributed by atoms with Gasteiger partial charge in [0.1, 0.15) is 5.82 Å². The molecule has 7 nitrogen and oxygen atoms in total. The number of nitrogens with one attached hydrogen (secondary N) is 1. The lowest BCUT2D eigenvalue weighted by atomic mass is 9.87. The highest BCUT2D eigenvalue weighted by molar-refractivity contribution is 7.91. The van der Waals surface area contributed by atoms with Crippen LogP contribution in [0, 0.1) is 6.92 Å². The summed E-state index contributed by atoms with van der Waals surface area (Å²) in [6.45, 7) is 8.26. The van der Waals surface area contributed by atoms with Gasteiger partial charge in [0, 0.05) is 11.1 Å². The van der Waals surface area contributed by atoms with Crippen LogP contribution >= 0.6 is 0 Å². The highest BCUT2D eigenvalue weighted by Crippen LogP contribution is 2.30. The summed E-state index contributed by atoms with van der Waals surface area (Å²) in [6.07, 6.45) is 0. The zero-order valence-electron chi connectivity index (χ0n) is 19.4. The molecule has 0 atom stereocenters. The third-order valence-electron chi connectivity index (χ3n) is 5.79. The lowest BCUT2D eigenvalue weighted by Gasteiger charge is -2.19. The molecule has 8 heteroatoms. The van der Waals surface area contributed by atoms with Gasteiger partial charge in [0.15, 0.2) is 5.65 Å². The van der Waals surface area contributed by atoms with Gasteiger partial charge in [-0.2, -0.15) is 4.52 Å². The van der Waals surface area contributed by atoms with Gasteiger partial charge in [-0.15, -0.1) is 5.10 Å². The average Bonchev–Trinajstić information content (AvgIpc) is 3.24. The summed E-state index contributed by atoms with van der Waals surface area (Å²) in [7, 11) is -3.93. The van der Waals surface area contributed by atoms with Crippen LogP contribution in [-0.4, -0.2) is 28.2 Å². The van der Waals surface area contributed by atoms with Crippen LogP contribution in [0.1, 0.15) is 31.9 Å². The van der Waals surface area contributed by atoms with Crippen molar-refractivity contribution in [2.24, 2.45) is 0 Å². The van der Waals surface area contributed by atoms with E-state index < -0.39 is 9.84 Å². The maximum absolute atomic E-state index is 13.5. The van der Waals surface area contributed by atoms with Crippen molar-refractivity contribution in [1.29, 1.82) is 0 Å². The van der Waals surface area contributed by atoms with E-state index >= 15 is 0 Å². The largest absolute Gasteiger partial charge is 0.340 e. The minimum absolute atomic E-state index is 0.0816. The summed E-state index contributed by atoms with van der Waals surface area (Å²) >= 11 is 0. The van der Waals surface area contributed by atoms with Gasteiger partial charge in [-0.1, -0.05) is 62.4 Å². The molecule has 0 aliphatic carbocycles. The predicted molar refractivity (Wildman–Crippen MR) is 133 cm³/mol. The maximum Gasteiger partial charge on any atom is 0.229 e. The number of sulfone groups is 1. The number of para-hydroxylation sites is 1. The van der Waals surface area contributed by atoms with Crippen molar-refractivity contribution >= 4 is 37.9 Å². The molecule has 2 heterocycles. The van der Waals surface area contributed by atoms with Gasteiger partial charge < -0.3 is 5.32 Å². The molecule has 1 N–H and O–H groups in total. The average molecular weight is 472 g/mol. The van der Waals surface area contributed by atoms with Crippen molar-refractivity contribution in [3.05, 3.63) is 83.9 Å². The molecule has 2 aromatic heterocycles. The van der Waals surface area contributed by atoms with Crippen molar-refractivity contribution in [2.75, 3.05) is 5.32 Å². The van der Waals surface area contributed by atoms with Crippen molar-refractivity contribution < 1.29 is 8.42 Å². The van der Waals surface area contributed by atoms with Gasteiger partial charge in [-0.25, -0.2) is 13.4 Å². The first-order valence-corrected chi connectivity index (χ1v) is 12.5. The molecule has 3 aromatic carbocycles. The summed E-state index contributed by atoms with van der Waals surface area (Å²) < 4.78 is 28.6. The van der Waals surface area contributed by atoms with Crippen LogP contribution in [0.15, 0.2) is 82.7 Å². The van der Waals surface area contributed by atoms with E-state index in [0.717, 1.165) is 22.2 Å². The highest BCUT2D eigenvalue weighted by atomic mass is 32.2. The van der Waals surface area contributed by atoms with Crippen LogP contribution in [-0.2, 0) is 15.3 Å². The maximum atomic E-state index is 13.5. The van der Waals surface area contributed by atoms with Gasteiger partial charge in [0.2, 0.25) is 14.9 Å². The second kappa shape index (κ2) is 7.92. The van der Waals surface area contributed by atoms with Crippen LogP contribution in [0.4, 0.5) is 11.5 Å². The Morgan fingerprint density at radius 1 is 0.912 bits per heavy atom. The molecule has 34 heavy (non-hydrogen) atoms. The Bertz CT molecular complexity index is 1630. The summed E-state index contributed by atoms with van der Waals surface area (Å²) in [6, 6.07) is 22.4. The Morgan fingerprint density at radius 2 is 1.65 bits per heavy atom. The SMILES string of the molecule is Cc1cccc(Nc2nc3c(S(=O)(=O)c4ccc(C(C)(C)C)cc4)nnn3c3ccccc23)c1. The minimum atomic E-state index is -3.93. The first-order valence-electron chi connectivity index (χ1n) is 11.0. The van der Waals surface area contributed by atoms with Gasteiger partial charge in [-0.05, 0) is 59.9 Å². The second-order valence-corrected chi connectivity index (χ2v) is 11.2.